The number of esters is 2. The van der Waals surface area contributed by atoms with Crippen molar-refractivity contribution in [2.45, 2.75) is 147 Å². The molecule has 0 aromatic heterocycles. The predicted octanol–water partition coefficient (Wildman–Crippen LogP) is 7.30. The van der Waals surface area contributed by atoms with E-state index in [1.165, 1.54) is 0 Å². The monoisotopic (exact) mass is 682 g/mol. The molecule has 0 aromatic rings. The van der Waals surface area contributed by atoms with Gasteiger partial charge in [0.2, 0.25) is 0 Å². The number of hydrogen-bond donors (Lipinski definition) is 2. The minimum absolute atomic E-state index is 0.187. The molecule has 8 aliphatic rings. The van der Waals surface area contributed by atoms with Crippen LogP contribution in [0.1, 0.15) is 125 Å². The largest absolute Gasteiger partial charge is 0.456 e. The Morgan fingerprint density at radius 2 is 1.04 bits per heavy atom. The van der Waals surface area contributed by atoms with Crippen molar-refractivity contribution in [2.75, 3.05) is 13.1 Å². The molecule has 8 aliphatic carbocycles. The lowest BCUT2D eigenvalue weighted by atomic mass is 9.52. The number of ether oxygens (including phenoxy) is 4. The average molecular weight is 683 g/mol. The van der Waals surface area contributed by atoms with Gasteiger partial charge in [0.25, 0.3) is 0 Å². The quantitative estimate of drug-likeness (QED) is 0.118. The summed E-state index contributed by atoms with van der Waals surface area (Å²) in [5.41, 5.74) is -1.69. The van der Waals surface area contributed by atoms with Crippen molar-refractivity contribution in [3.05, 3.63) is 24.3 Å². The third-order valence-corrected chi connectivity index (χ3v) is 12.4. The Balaban J connectivity index is 0.931. The fraction of sp³-hybridized carbons (Fsp3) is 0.795. The first-order valence-electron chi connectivity index (χ1n) is 18.6. The number of rotatable bonds is 13. The van der Waals surface area contributed by atoms with Gasteiger partial charge in [-0.2, -0.15) is 0 Å². The SMILES string of the molecule is C=C(C)C(=O)OC12CC3CC(CC(OC(=O)NCCC(C)CC(C)(C)CNC(=O)OC45CC6CC(C4)CC(OC(=O)C(=C)C)(C6)C5)(C3)C1)C2. The molecular formula is C39H58N2O8. The van der Waals surface area contributed by atoms with E-state index in [9.17, 15) is 19.2 Å². The van der Waals surface area contributed by atoms with Crippen LogP contribution in [-0.4, -0.2) is 59.6 Å². The van der Waals surface area contributed by atoms with E-state index < -0.39 is 34.6 Å². The molecule has 5 unspecified atom stereocenters. The first-order valence-corrected chi connectivity index (χ1v) is 18.6. The minimum Gasteiger partial charge on any atom is -0.456 e. The van der Waals surface area contributed by atoms with E-state index in [4.69, 9.17) is 18.9 Å². The molecule has 8 bridgehead atoms. The van der Waals surface area contributed by atoms with Crippen molar-refractivity contribution in [3.8, 4) is 0 Å². The molecule has 0 spiro atoms. The Hall–Kier alpha value is -3.04. The molecule has 8 rings (SSSR count). The molecular weight excluding hydrogens is 624 g/mol. The summed E-state index contributed by atoms with van der Waals surface area (Å²) >= 11 is 0. The second kappa shape index (κ2) is 12.9. The van der Waals surface area contributed by atoms with Gasteiger partial charge in [-0.05, 0) is 126 Å². The summed E-state index contributed by atoms with van der Waals surface area (Å²) in [5, 5.41) is 6.01. The Bertz CT molecular complexity index is 1360. The maximum atomic E-state index is 13.2. The number of amides is 2. The molecule has 0 aliphatic heterocycles. The molecule has 5 atom stereocenters. The Morgan fingerprint density at radius 1 is 0.673 bits per heavy atom. The molecule has 10 heteroatoms. The third kappa shape index (κ3) is 7.98. The first kappa shape index (κ1) is 35.8. The second-order valence-corrected chi connectivity index (χ2v) is 18.3. The van der Waals surface area contributed by atoms with E-state index in [1.54, 1.807) is 13.8 Å². The minimum atomic E-state index is -0.590. The number of alkyl carbamates (subject to hydrolysis) is 2. The first-order chi connectivity index (χ1) is 22.9. The molecule has 272 valence electrons. The third-order valence-electron chi connectivity index (χ3n) is 12.4. The molecule has 0 radical (unpaired) electrons. The van der Waals surface area contributed by atoms with Crippen molar-refractivity contribution in [2.24, 2.45) is 35.0 Å². The van der Waals surface area contributed by atoms with Gasteiger partial charge in [-0.3, -0.25) is 0 Å². The van der Waals surface area contributed by atoms with Crippen LogP contribution in [-0.2, 0) is 28.5 Å². The van der Waals surface area contributed by atoms with Crippen LogP contribution in [0.25, 0.3) is 0 Å². The zero-order chi connectivity index (χ0) is 35.4. The van der Waals surface area contributed by atoms with E-state index in [0.717, 1.165) is 77.0 Å². The topological polar surface area (TPSA) is 129 Å². The van der Waals surface area contributed by atoms with Gasteiger partial charge >= 0.3 is 24.1 Å². The average Bonchev–Trinajstić information content (AvgIpc) is 2.93. The summed E-state index contributed by atoms with van der Waals surface area (Å²) < 4.78 is 24.3. The van der Waals surface area contributed by atoms with Crippen molar-refractivity contribution < 1.29 is 38.1 Å². The van der Waals surface area contributed by atoms with Crippen LogP contribution >= 0.6 is 0 Å². The van der Waals surface area contributed by atoms with Gasteiger partial charge in [-0.1, -0.05) is 33.9 Å². The van der Waals surface area contributed by atoms with E-state index in [2.05, 4.69) is 44.6 Å². The standard InChI is InChI=1S/C39H58N2O8/c1-24(2)31(42)46-36-13-27-10-28(14-36)18-38(17-27,21-36)48-33(44)40-9-8-26(5)12-35(6,7)23-41-34(45)49-39-19-29-11-30(20-39)16-37(15-29,22-39)47-32(43)25(3)4/h26-30H,1,3,8-23H2,2,4-7H3,(H,40,44)(H,41,45). The van der Waals surface area contributed by atoms with Crippen LogP contribution in [0.4, 0.5) is 9.59 Å². The lowest BCUT2D eigenvalue weighted by molar-refractivity contribution is -0.218. The van der Waals surface area contributed by atoms with Crippen molar-refractivity contribution in [3.63, 3.8) is 0 Å². The maximum Gasteiger partial charge on any atom is 0.407 e. The Labute approximate surface area is 291 Å². The van der Waals surface area contributed by atoms with E-state index >= 15 is 0 Å². The zero-order valence-electron chi connectivity index (χ0n) is 30.4. The van der Waals surface area contributed by atoms with Crippen molar-refractivity contribution >= 4 is 24.1 Å². The number of hydrogen-bond acceptors (Lipinski definition) is 8. The predicted molar refractivity (Wildman–Crippen MR) is 183 cm³/mol. The van der Waals surface area contributed by atoms with Gasteiger partial charge in [0, 0.05) is 37.1 Å². The summed E-state index contributed by atoms with van der Waals surface area (Å²) in [6, 6.07) is 0. The molecule has 0 aromatic carbocycles. The lowest BCUT2D eigenvalue weighted by Gasteiger charge is -2.60. The van der Waals surface area contributed by atoms with E-state index in [-0.39, 0.29) is 17.4 Å². The number of carbonyl (C=O) groups excluding carboxylic acids is 4. The molecule has 10 nitrogen and oxygen atoms in total. The molecule has 0 saturated heterocycles. The summed E-state index contributed by atoms with van der Waals surface area (Å²) in [5.74, 6) is 1.17. The number of nitrogens with one attached hydrogen (secondary N) is 2. The Kier molecular flexibility index (Phi) is 9.44. The maximum absolute atomic E-state index is 13.2. The summed E-state index contributed by atoms with van der Waals surface area (Å²) in [6.07, 6.45) is 10.8. The highest BCUT2D eigenvalue weighted by Gasteiger charge is 2.63. The van der Waals surface area contributed by atoms with Crippen LogP contribution < -0.4 is 10.6 Å². The summed E-state index contributed by atoms with van der Waals surface area (Å²) in [6.45, 7) is 18.2. The van der Waals surface area contributed by atoms with Crippen LogP contribution in [0, 0.1) is 35.0 Å². The fourth-order valence-electron chi connectivity index (χ4n) is 11.6. The smallest absolute Gasteiger partial charge is 0.407 e. The Morgan fingerprint density at radius 3 is 1.43 bits per heavy atom. The zero-order valence-corrected chi connectivity index (χ0v) is 30.4. The molecule has 0 heterocycles. The fourth-order valence-corrected chi connectivity index (χ4v) is 11.6. The second-order valence-electron chi connectivity index (χ2n) is 18.3. The summed E-state index contributed by atoms with van der Waals surface area (Å²) in [4.78, 5) is 51.1. The van der Waals surface area contributed by atoms with Crippen LogP contribution in [0.15, 0.2) is 24.3 Å². The molecule has 8 fully saturated rings. The van der Waals surface area contributed by atoms with Crippen LogP contribution in [0.3, 0.4) is 0 Å². The lowest BCUT2D eigenvalue weighted by Crippen LogP contribution is -2.62. The molecule has 2 N–H and O–H groups in total. The molecule has 2 amide bonds. The van der Waals surface area contributed by atoms with Gasteiger partial charge < -0.3 is 29.6 Å². The highest BCUT2D eigenvalue weighted by molar-refractivity contribution is 5.87. The van der Waals surface area contributed by atoms with Gasteiger partial charge in [0.1, 0.15) is 22.4 Å². The van der Waals surface area contributed by atoms with Gasteiger partial charge in [0.15, 0.2) is 0 Å². The molecule has 8 saturated carbocycles. The van der Waals surface area contributed by atoms with Gasteiger partial charge in [-0.15, -0.1) is 0 Å². The molecule has 49 heavy (non-hydrogen) atoms. The van der Waals surface area contributed by atoms with Gasteiger partial charge in [-0.25, -0.2) is 19.2 Å². The van der Waals surface area contributed by atoms with Crippen LogP contribution in [0.2, 0.25) is 0 Å². The van der Waals surface area contributed by atoms with Crippen molar-refractivity contribution in [1.82, 2.24) is 10.6 Å². The number of carbonyl (C=O) groups is 4. The summed E-state index contributed by atoms with van der Waals surface area (Å²) in [7, 11) is 0. The van der Waals surface area contributed by atoms with Crippen LogP contribution in [0.5, 0.6) is 0 Å². The van der Waals surface area contributed by atoms with E-state index in [1.807, 2.05) is 0 Å². The van der Waals surface area contributed by atoms with E-state index in [0.29, 0.717) is 66.7 Å². The van der Waals surface area contributed by atoms with Gasteiger partial charge in [0.05, 0.1) is 0 Å². The van der Waals surface area contributed by atoms with Crippen molar-refractivity contribution in [1.29, 1.82) is 0 Å². The highest BCUT2D eigenvalue weighted by Crippen LogP contribution is 2.61. The highest BCUT2D eigenvalue weighted by atomic mass is 16.6. The normalized spacial score (nSPS) is 37.2.